The molecule has 136 valence electrons. The molecule has 1 saturated heterocycles. The predicted octanol–water partition coefficient (Wildman–Crippen LogP) is 4.48. The van der Waals surface area contributed by atoms with Crippen LogP contribution in [-0.4, -0.2) is 30.2 Å². The molecule has 6 nitrogen and oxygen atoms in total. The van der Waals surface area contributed by atoms with Gasteiger partial charge >= 0.3 is 0 Å². The first-order valence-electron chi connectivity index (χ1n) is 8.49. The van der Waals surface area contributed by atoms with Crippen LogP contribution in [0.25, 0.3) is 0 Å². The fourth-order valence-electron chi connectivity index (χ4n) is 3.23. The number of anilines is 2. The number of aryl methyl sites for hydroxylation is 1. The van der Waals surface area contributed by atoms with Crippen molar-refractivity contribution in [3.05, 3.63) is 57.6 Å². The number of nitrogens with one attached hydrogen (secondary N) is 1. The molecule has 3 rings (SSSR count). The second kappa shape index (κ2) is 7.78. The molecular formula is C19H21N3O3S. The van der Waals surface area contributed by atoms with Gasteiger partial charge in [0.25, 0.3) is 11.6 Å². The second-order valence-electron chi connectivity index (χ2n) is 6.29. The van der Waals surface area contributed by atoms with Crippen molar-refractivity contribution in [2.24, 2.45) is 0 Å². The molecule has 1 aliphatic rings. The van der Waals surface area contributed by atoms with Gasteiger partial charge in [-0.3, -0.25) is 14.9 Å². The van der Waals surface area contributed by atoms with Crippen molar-refractivity contribution in [2.45, 2.75) is 24.7 Å². The van der Waals surface area contributed by atoms with Crippen LogP contribution in [0.15, 0.2) is 41.3 Å². The van der Waals surface area contributed by atoms with Crippen LogP contribution in [-0.2, 0) is 0 Å². The molecule has 1 amide bonds. The number of carbonyl (C=O) groups excluding carboxylic acids is 1. The minimum absolute atomic E-state index is 0.0723. The molecule has 0 unspecified atom stereocenters. The highest BCUT2D eigenvalue weighted by molar-refractivity contribution is 7.98. The standard InChI is InChI=1S/C19H21N3O3S/c1-13-11-14(5-7-17(13)21-9-3-4-10-21)20-19(23)16-12-15(26-2)6-8-18(16)22(24)25/h5-8,11-12H,3-4,9-10H2,1-2H3,(H,20,23). The van der Waals surface area contributed by atoms with Gasteiger partial charge in [-0.15, -0.1) is 11.8 Å². The van der Waals surface area contributed by atoms with Crippen molar-refractivity contribution in [1.29, 1.82) is 0 Å². The van der Waals surface area contributed by atoms with Crippen LogP contribution in [0.2, 0.25) is 0 Å². The molecule has 1 N–H and O–H groups in total. The number of thioether (sulfide) groups is 1. The number of amides is 1. The lowest BCUT2D eigenvalue weighted by molar-refractivity contribution is -0.385. The summed E-state index contributed by atoms with van der Waals surface area (Å²) in [6.07, 6.45) is 4.27. The van der Waals surface area contributed by atoms with Gasteiger partial charge < -0.3 is 10.2 Å². The lowest BCUT2D eigenvalue weighted by Crippen LogP contribution is -2.19. The summed E-state index contributed by atoms with van der Waals surface area (Å²) in [7, 11) is 0. The van der Waals surface area contributed by atoms with E-state index in [9.17, 15) is 14.9 Å². The number of nitrogens with zero attached hydrogens (tertiary/aromatic N) is 2. The van der Waals surface area contributed by atoms with Crippen LogP contribution < -0.4 is 10.2 Å². The van der Waals surface area contributed by atoms with Crippen molar-refractivity contribution < 1.29 is 9.72 Å². The average molecular weight is 371 g/mol. The molecule has 2 aromatic carbocycles. The third-order valence-electron chi connectivity index (χ3n) is 4.55. The van der Waals surface area contributed by atoms with Gasteiger partial charge in [-0.05, 0) is 61.9 Å². The van der Waals surface area contributed by atoms with Gasteiger partial charge in [0.05, 0.1) is 4.92 Å². The highest BCUT2D eigenvalue weighted by Gasteiger charge is 2.21. The molecule has 1 heterocycles. The van der Waals surface area contributed by atoms with Crippen LogP contribution in [0.1, 0.15) is 28.8 Å². The van der Waals surface area contributed by atoms with E-state index in [1.54, 1.807) is 12.1 Å². The Hall–Kier alpha value is -2.54. The summed E-state index contributed by atoms with van der Waals surface area (Å²) < 4.78 is 0. The van der Waals surface area contributed by atoms with E-state index < -0.39 is 10.8 Å². The normalized spacial score (nSPS) is 13.7. The Morgan fingerprint density at radius 2 is 1.92 bits per heavy atom. The summed E-state index contributed by atoms with van der Waals surface area (Å²) in [6.45, 7) is 4.13. The summed E-state index contributed by atoms with van der Waals surface area (Å²) in [4.78, 5) is 26.5. The van der Waals surface area contributed by atoms with Crippen molar-refractivity contribution in [2.75, 3.05) is 29.6 Å². The smallest absolute Gasteiger partial charge is 0.282 e. The van der Waals surface area contributed by atoms with Crippen LogP contribution in [0.4, 0.5) is 17.1 Å². The molecule has 7 heteroatoms. The third-order valence-corrected chi connectivity index (χ3v) is 5.27. The summed E-state index contributed by atoms with van der Waals surface area (Å²) >= 11 is 1.44. The minimum Gasteiger partial charge on any atom is -0.371 e. The fourth-order valence-corrected chi connectivity index (χ4v) is 3.67. The number of rotatable bonds is 5. The Kier molecular flexibility index (Phi) is 5.46. The molecule has 0 aliphatic carbocycles. The first-order valence-corrected chi connectivity index (χ1v) is 9.71. The van der Waals surface area contributed by atoms with Crippen LogP contribution in [0.3, 0.4) is 0 Å². The van der Waals surface area contributed by atoms with E-state index in [4.69, 9.17) is 0 Å². The Morgan fingerprint density at radius 1 is 1.19 bits per heavy atom. The molecule has 26 heavy (non-hydrogen) atoms. The predicted molar refractivity (Wildman–Crippen MR) is 105 cm³/mol. The van der Waals surface area contributed by atoms with E-state index in [2.05, 4.69) is 10.2 Å². The lowest BCUT2D eigenvalue weighted by atomic mass is 10.1. The maximum atomic E-state index is 12.6. The highest BCUT2D eigenvalue weighted by atomic mass is 32.2. The SMILES string of the molecule is CSc1ccc([N+](=O)[O-])c(C(=O)Nc2ccc(N3CCCC3)c(C)c2)c1. The van der Waals surface area contributed by atoms with E-state index in [0.29, 0.717) is 5.69 Å². The fraction of sp³-hybridized carbons (Fsp3) is 0.316. The lowest BCUT2D eigenvalue weighted by Gasteiger charge is -2.20. The van der Waals surface area contributed by atoms with Gasteiger partial charge in [0.15, 0.2) is 0 Å². The first kappa shape index (κ1) is 18.3. The zero-order chi connectivity index (χ0) is 18.7. The van der Waals surface area contributed by atoms with E-state index in [-0.39, 0.29) is 11.3 Å². The molecule has 0 aromatic heterocycles. The molecule has 1 aliphatic heterocycles. The molecule has 0 spiro atoms. The first-order chi connectivity index (χ1) is 12.5. The monoisotopic (exact) mass is 371 g/mol. The number of benzene rings is 2. The Bertz CT molecular complexity index is 848. The topological polar surface area (TPSA) is 75.5 Å². The highest BCUT2D eigenvalue weighted by Crippen LogP contribution is 2.28. The van der Waals surface area contributed by atoms with E-state index in [1.807, 2.05) is 31.4 Å². The quantitative estimate of drug-likeness (QED) is 0.476. The van der Waals surface area contributed by atoms with E-state index in [1.165, 1.54) is 36.4 Å². The Balaban J connectivity index is 1.84. The van der Waals surface area contributed by atoms with Crippen LogP contribution >= 0.6 is 11.8 Å². The number of carbonyl (C=O) groups is 1. The van der Waals surface area contributed by atoms with E-state index in [0.717, 1.165) is 23.5 Å². The zero-order valence-electron chi connectivity index (χ0n) is 14.8. The maximum absolute atomic E-state index is 12.6. The average Bonchev–Trinajstić information content (AvgIpc) is 3.15. The van der Waals surface area contributed by atoms with E-state index >= 15 is 0 Å². The van der Waals surface area contributed by atoms with Gasteiger partial charge in [0, 0.05) is 35.4 Å². The largest absolute Gasteiger partial charge is 0.371 e. The van der Waals surface area contributed by atoms with Gasteiger partial charge in [-0.2, -0.15) is 0 Å². The van der Waals surface area contributed by atoms with Gasteiger partial charge in [-0.25, -0.2) is 0 Å². The number of hydrogen-bond acceptors (Lipinski definition) is 5. The maximum Gasteiger partial charge on any atom is 0.282 e. The van der Waals surface area contributed by atoms with Crippen molar-refractivity contribution in [3.63, 3.8) is 0 Å². The van der Waals surface area contributed by atoms with Crippen molar-refractivity contribution >= 4 is 34.7 Å². The second-order valence-corrected chi connectivity index (χ2v) is 7.17. The molecule has 0 radical (unpaired) electrons. The third kappa shape index (κ3) is 3.83. The molecule has 0 saturated carbocycles. The summed E-state index contributed by atoms with van der Waals surface area (Å²) in [5.41, 5.74) is 2.78. The number of nitro benzene ring substituents is 1. The Morgan fingerprint density at radius 3 is 2.54 bits per heavy atom. The molecule has 1 fully saturated rings. The van der Waals surface area contributed by atoms with Crippen LogP contribution in [0, 0.1) is 17.0 Å². The number of nitro groups is 1. The summed E-state index contributed by atoms with van der Waals surface area (Å²) in [5.74, 6) is -0.471. The zero-order valence-corrected chi connectivity index (χ0v) is 15.6. The molecule has 2 aromatic rings. The molecule has 0 bridgehead atoms. The van der Waals surface area contributed by atoms with Crippen LogP contribution in [0.5, 0.6) is 0 Å². The van der Waals surface area contributed by atoms with Crippen molar-refractivity contribution in [3.8, 4) is 0 Å². The summed E-state index contributed by atoms with van der Waals surface area (Å²) in [6, 6.07) is 10.3. The minimum atomic E-state index is -0.527. The van der Waals surface area contributed by atoms with Crippen molar-refractivity contribution in [1.82, 2.24) is 0 Å². The molecular weight excluding hydrogens is 350 g/mol. The Labute approximate surface area is 156 Å². The van der Waals surface area contributed by atoms with Gasteiger partial charge in [-0.1, -0.05) is 0 Å². The number of hydrogen-bond donors (Lipinski definition) is 1. The molecule has 0 atom stereocenters. The summed E-state index contributed by atoms with van der Waals surface area (Å²) in [5, 5.41) is 14.0. The van der Waals surface area contributed by atoms with Gasteiger partial charge in [0.2, 0.25) is 0 Å². The van der Waals surface area contributed by atoms with Gasteiger partial charge in [0.1, 0.15) is 5.56 Å².